The lowest BCUT2D eigenvalue weighted by Gasteiger charge is -2.34. The van der Waals surface area contributed by atoms with Crippen LogP contribution in [0.2, 0.25) is 0 Å². The van der Waals surface area contributed by atoms with Gasteiger partial charge in [-0.25, -0.2) is 0 Å². The van der Waals surface area contributed by atoms with Crippen LogP contribution in [0.15, 0.2) is 4.99 Å². The Kier molecular flexibility index (Phi) is 3.97. The summed E-state index contributed by atoms with van der Waals surface area (Å²) in [7, 11) is 0. The standard InChI is InChI=1S/C12H24N2/c1-5-6-7-8-11-13-10(2)9-12(3,4)14-11/h10H,5-9H2,1-4H3,(H,13,14). The van der Waals surface area contributed by atoms with Crippen molar-refractivity contribution in [3.05, 3.63) is 0 Å². The first kappa shape index (κ1) is 11.5. The first-order valence-corrected chi connectivity index (χ1v) is 5.88. The highest BCUT2D eigenvalue weighted by Gasteiger charge is 2.26. The van der Waals surface area contributed by atoms with E-state index in [0.717, 1.165) is 12.8 Å². The van der Waals surface area contributed by atoms with Gasteiger partial charge in [-0.2, -0.15) is 0 Å². The van der Waals surface area contributed by atoms with Crippen molar-refractivity contribution < 1.29 is 0 Å². The van der Waals surface area contributed by atoms with Crippen LogP contribution >= 0.6 is 0 Å². The van der Waals surface area contributed by atoms with Gasteiger partial charge in [0.25, 0.3) is 0 Å². The number of aliphatic imine (C=N–C) groups is 1. The highest BCUT2D eigenvalue weighted by atomic mass is 15.1. The van der Waals surface area contributed by atoms with Crippen LogP contribution in [0.1, 0.15) is 59.8 Å². The second kappa shape index (κ2) is 4.81. The summed E-state index contributed by atoms with van der Waals surface area (Å²) in [5.74, 6) is 1.22. The Labute approximate surface area is 88.2 Å². The molecule has 1 N–H and O–H groups in total. The number of hydrogen-bond donors (Lipinski definition) is 1. The van der Waals surface area contributed by atoms with Crippen LogP contribution in [0.25, 0.3) is 0 Å². The zero-order chi connectivity index (χ0) is 10.6. The third-order valence-corrected chi connectivity index (χ3v) is 2.68. The van der Waals surface area contributed by atoms with Crippen molar-refractivity contribution in [2.45, 2.75) is 71.4 Å². The summed E-state index contributed by atoms with van der Waals surface area (Å²) in [6, 6.07) is 0.489. The molecule has 0 aromatic heterocycles. The maximum atomic E-state index is 4.66. The maximum Gasteiger partial charge on any atom is 0.0970 e. The fourth-order valence-corrected chi connectivity index (χ4v) is 2.19. The van der Waals surface area contributed by atoms with Crippen LogP contribution in [0.3, 0.4) is 0 Å². The Hall–Kier alpha value is -0.530. The van der Waals surface area contributed by atoms with Crippen LogP contribution in [0, 0.1) is 0 Å². The largest absolute Gasteiger partial charge is 0.369 e. The average Bonchev–Trinajstić information content (AvgIpc) is 2.00. The molecule has 0 radical (unpaired) electrons. The molecule has 1 atom stereocenters. The third-order valence-electron chi connectivity index (χ3n) is 2.68. The van der Waals surface area contributed by atoms with Crippen LogP contribution in [0.4, 0.5) is 0 Å². The molecule has 0 aliphatic carbocycles. The van der Waals surface area contributed by atoms with E-state index in [1.807, 2.05) is 0 Å². The first-order chi connectivity index (χ1) is 6.53. The first-order valence-electron chi connectivity index (χ1n) is 5.88. The van der Waals surface area contributed by atoms with Gasteiger partial charge < -0.3 is 5.32 Å². The molecule has 2 nitrogen and oxygen atoms in total. The smallest absolute Gasteiger partial charge is 0.0970 e. The lowest BCUT2D eigenvalue weighted by molar-refractivity contribution is 0.369. The van der Waals surface area contributed by atoms with Crippen LogP contribution in [-0.2, 0) is 0 Å². The van der Waals surface area contributed by atoms with Crippen molar-refractivity contribution in [3.63, 3.8) is 0 Å². The monoisotopic (exact) mass is 196 g/mol. The number of amidine groups is 1. The van der Waals surface area contributed by atoms with Gasteiger partial charge in [0.05, 0.1) is 11.9 Å². The molecule has 82 valence electrons. The van der Waals surface area contributed by atoms with E-state index in [1.165, 1.54) is 25.1 Å². The summed E-state index contributed by atoms with van der Waals surface area (Å²) in [4.78, 5) is 4.66. The number of nitrogens with one attached hydrogen (secondary N) is 1. The summed E-state index contributed by atoms with van der Waals surface area (Å²) in [5, 5.41) is 3.53. The van der Waals surface area contributed by atoms with E-state index in [-0.39, 0.29) is 5.54 Å². The summed E-state index contributed by atoms with van der Waals surface area (Å²) in [6.07, 6.45) is 6.14. The number of nitrogens with zero attached hydrogens (tertiary/aromatic N) is 1. The highest BCUT2D eigenvalue weighted by molar-refractivity contribution is 5.83. The average molecular weight is 196 g/mol. The second-order valence-corrected chi connectivity index (χ2v) is 5.09. The molecule has 0 bridgehead atoms. The molecule has 0 spiro atoms. The molecule has 0 amide bonds. The van der Waals surface area contributed by atoms with E-state index in [2.05, 4.69) is 38.0 Å². The van der Waals surface area contributed by atoms with Gasteiger partial charge in [-0.15, -0.1) is 0 Å². The van der Waals surface area contributed by atoms with Crippen LogP contribution in [-0.4, -0.2) is 17.4 Å². The van der Waals surface area contributed by atoms with Crippen molar-refractivity contribution in [1.29, 1.82) is 0 Å². The van der Waals surface area contributed by atoms with E-state index in [9.17, 15) is 0 Å². The third kappa shape index (κ3) is 3.69. The topological polar surface area (TPSA) is 24.4 Å². The lowest BCUT2D eigenvalue weighted by atomic mass is 9.93. The maximum absolute atomic E-state index is 4.66. The Balaban J connectivity index is 2.43. The van der Waals surface area contributed by atoms with Gasteiger partial charge in [-0.1, -0.05) is 19.8 Å². The van der Waals surface area contributed by atoms with Crippen molar-refractivity contribution in [2.75, 3.05) is 0 Å². The number of unbranched alkanes of at least 4 members (excludes halogenated alkanes) is 2. The molecule has 0 aromatic rings. The van der Waals surface area contributed by atoms with Crippen molar-refractivity contribution in [2.24, 2.45) is 4.99 Å². The second-order valence-electron chi connectivity index (χ2n) is 5.09. The summed E-state index contributed by atoms with van der Waals surface area (Å²) < 4.78 is 0. The van der Waals surface area contributed by atoms with Gasteiger partial charge >= 0.3 is 0 Å². The Morgan fingerprint density at radius 1 is 1.43 bits per heavy atom. The molecule has 0 aromatic carbocycles. The molecule has 1 aliphatic heterocycles. The minimum Gasteiger partial charge on any atom is -0.369 e. The van der Waals surface area contributed by atoms with Gasteiger partial charge in [0.1, 0.15) is 0 Å². The molecule has 14 heavy (non-hydrogen) atoms. The molecule has 0 fully saturated rings. The van der Waals surface area contributed by atoms with Crippen molar-refractivity contribution >= 4 is 5.84 Å². The summed E-state index contributed by atoms with van der Waals surface area (Å²) in [6.45, 7) is 8.97. The molecule has 1 aliphatic rings. The van der Waals surface area contributed by atoms with E-state index >= 15 is 0 Å². The van der Waals surface area contributed by atoms with Crippen LogP contribution in [0.5, 0.6) is 0 Å². The Morgan fingerprint density at radius 2 is 2.14 bits per heavy atom. The highest BCUT2D eigenvalue weighted by Crippen LogP contribution is 2.19. The number of hydrogen-bond acceptors (Lipinski definition) is 2. The number of rotatable bonds is 4. The quantitative estimate of drug-likeness (QED) is 0.686. The van der Waals surface area contributed by atoms with Gasteiger partial charge in [0.15, 0.2) is 0 Å². The Morgan fingerprint density at radius 3 is 2.71 bits per heavy atom. The van der Waals surface area contributed by atoms with E-state index in [4.69, 9.17) is 0 Å². The Bertz CT molecular complexity index is 206. The van der Waals surface area contributed by atoms with E-state index in [0.29, 0.717) is 6.04 Å². The summed E-state index contributed by atoms with van der Waals surface area (Å²) in [5.41, 5.74) is 0.239. The molecular formula is C12H24N2. The SMILES string of the molecule is CCCCCC1=NC(C)CC(C)(C)N1. The molecule has 1 rings (SSSR count). The fourth-order valence-electron chi connectivity index (χ4n) is 2.19. The van der Waals surface area contributed by atoms with E-state index in [1.54, 1.807) is 0 Å². The summed E-state index contributed by atoms with van der Waals surface area (Å²) >= 11 is 0. The molecule has 1 heterocycles. The van der Waals surface area contributed by atoms with Gasteiger partial charge in [0.2, 0.25) is 0 Å². The minimum atomic E-state index is 0.239. The normalized spacial score (nSPS) is 25.4. The zero-order valence-electron chi connectivity index (χ0n) is 10.1. The molecular weight excluding hydrogens is 172 g/mol. The van der Waals surface area contributed by atoms with Crippen molar-refractivity contribution in [3.8, 4) is 0 Å². The van der Waals surface area contributed by atoms with Gasteiger partial charge in [-0.05, 0) is 33.6 Å². The minimum absolute atomic E-state index is 0.239. The lowest BCUT2D eigenvalue weighted by Crippen LogP contribution is -2.48. The van der Waals surface area contributed by atoms with Crippen LogP contribution < -0.4 is 5.32 Å². The molecule has 0 saturated heterocycles. The molecule has 2 heteroatoms. The molecule has 1 unspecified atom stereocenters. The van der Waals surface area contributed by atoms with E-state index < -0.39 is 0 Å². The predicted octanol–water partition coefficient (Wildman–Crippen LogP) is 3.13. The fraction of sp³-hybridized carbons (Fsp3) is 0.917. The van der Waals surface area contributed by atoms with Gasteiger partial charge in [0, 0.05) is 12.0 Å². The van der Waals surface area contributed by atoms with Crippen molar-refractivity contribution in [1.82, 2.24) is 5.32 Å². The zero-order valence-corrected chi connectivity index (χ0v) is 10.1. The predicted molar refractivity (Wildman–Crippen MR) is 62.9 cm³/mol. The molecule has 0 saturated carbocycles. The van der Waals surface area contributed by atoms with Gasteiger partial charge in [-0.3, -0.25) is 4.99 Å².